The first-order valence-corrected chi connectivity index (χ1v) is 9.26. The van der Waals surface area contributed by atoms with Gasteiger partial charge in [0.05, 0.1) is 5.02 Å². The lowest BCUT2D eigenvalue weighted by atomic mass is 9.78. The maximum atomic E-state index is 14.2. The minimum atomic E-state index is -0.321. The zero-order chi connectivity index (χ0) is 15.5. The van der Waals surface area contributed by atoms with Crippen molar-refractivity contribution in [3.05, 3.63) is 70.0 Å². The van der Waals surface area contributed by atoms with E-state index < -0.39 is 0 Å². The monoisotopic (exact) mass is 432 g/mol. The zero-order valence-corrected chi connectivity index (χ0v) is 15.6. The molecule has 0 unspecified atom stereocenters. The van der Waals surface area contributed by atoms with Crippen LogP contribution in [0, 0.1) is 12.7 Å². The highest BCUT2D eigenvalue weighted by Gasteiger charge is 2.31. The SMILES string of the molecule is Cc1cccc(C(CBr)(CBr)Cc2cccc(Cl)c2F)c1. The van der Waals surface area contributed by atoms with Gasteiger partial charge in [-0.05, 0) is 30.5 Å². The van der Waals surface area contributed by atoms with E-state index in [1.807, 2.05) is 6.07 Å². The standard InChI is InChI=1S/C17H16Br2ClF/c1-12-4-2-6-14(8-12)17(10-18,11-19)9-13-5-3-7-15(20)16(13)21/h2-8H,9-11H2,1H3. The van der Waals surface area contributed by atoms with E-state index in [0.29, 0.717) is 12.0 Å². The Bertz CT molecular complexity index is 624. The maximum Gasteiger partial charge on any atom is 0.145 e. The van der Waals surface area contributed by atoms with Crippen LogP contribution < -0.4 is 0 Å². The Labute approximate surface area is 147 Å². The molecule has 0 aromatic heterocycles. The van der Waals surface area contributed by atoms with Gasteiger partial charge in [0.15, 0.2) is 0 Å². The number of alkyl halides is 2. The Kier molecular flexibility index (Phi) is 5.87. The highest BCUT2D eigenvalue weighted by Crippen LogP contribution is 2.34. The summed E-state index contributed by atoms with van der Waals surface area (Å²) in [6.07, 6.45) is 0.583. The average Bonchev–Trinajstić information content (AvgIpc) is 2.49. The van der Waals surface area contributed by atoms with Crippen LogP contribution in [-0.4, -0.2) is 10.7 Å². The lowest BCUT2D eigenvalue weighted by Crippen LogP contribution is -2.33. The zero-order valence-electron chi connectivity index (χ0n) is 11.7. The molecule has 2 aromatic carbocycles. The van der Waals surface area contributed by atoms with E-state index >= 15 is 0 Å². The van der Waals surface area contributed by atoms with Gasteiger partial charge in [-0.15, -0.1) is 0 Å². The molecule has 0 aliphatic carbocycles. The third-order valence-electron chi connectivity index (χ3n) is 3.70. The van der Waals surface area contributed by atoms with Crippen molar-refractivity contribution in [1.82, 2.24) is 0 Å². The normalized spacial score (nSPS) is 11.7. The van der Waals surface area contributed by atoms with E-state index in [9.17, 15) is 4.39 Å². The van der Waals surface area contributed by atoms with Crippen molar-refractivity contribution in [2.24, 2.45) is 0 Å². The van der Waals surface area contributed by atoms with Gasteiger partial charge in [-0.3, -0.25) is 0 Å². The van der Waals surface area contributed by atoms with E-state index in [1.54, 1.807) is 18.2 Å². The first kappa shape index (κ1) is 17.0. The molecule has 112 valence electrons. The van der Waals surface area contributed by atoms with Gasteiger partial charge < -0.3 is 0 Å². The number of aryl methyl sites for hydroxylation is 1. The molecular weight excluding hydrogens is 418 g/mol. The van der Waals surface area contributed by atoms with Gasteiger partial charge in [-0.25, -0.2) is 4.39 Å². The lowest BCUT2D eigenvalue weighted by Gasteiger charge is -2.31. The second-order valence-electron chi connectivity index (χ2n) is 5.31. The van der Waals surface area contributed by atoms with E-state index in [-0.39, 0.29) is 16.3 Å². The molecule has 0 radical (unpaired) electrons. The van der Waals surface area contributed by atoms with Crippen molar-refractivity contribution >= 4 is 43.5 Å². The van der Waals surface area contributed by atoms with Crippen LogP contribution in [0.1, 0.15) is 16.7 Å². The Hall–Kier alpha value is -0.380. The molecule has 0 bridgehead atoms. The topological polar surface area (TPSA) is 0 Å². The molecule has 0 aliphatic heterocycles. The molecule has 0 heterocycles. The summed E-state index contributed by atoms with van der Waals surface area (Å²) in [5.74, 6) is -0.321. The number of halogens is 4. The molecule has 4 heteroatoms. The molecule has 2 rings (SSSR count). The third-order valence-corrected chi connectivity index (χ3v) is 6.14. The summed E-state index contributed by atoms with van der Waals surface area (Å²) in [4.78, 5) is 0. The van der Waals surface area contributed by atoms with Crippen LogP contribution in [0.3, 0.4) is 0 Å². The fraction of sp³-hybridized carbons (Fsp3) is 0.294. The summed E-state index contributed by atoms with van der Waals surface area (Å²) in [7, 11) is 0. The summed E-state index contributed by atoms with van der Waals surface area (Å²) >= 11 is 13.1. The van der Waals surface area contributed by atoms with Crippen molar-refractivity contribution in [2.45, 2.75) is 18.8 Å². The van der Waals surface area contributed by atoms with E-state index in [4.69, 9.17) is 11.6 Å². The van der Waals surface area contributed by atoms with Gasteiger partial charge in [-0.2, -0.15) is 0 Å². The molecule has 0 spiro atoms. The summed E-state index contributed by atoms with van der Waals surface area (Å²) in [6, 6.07) is 13.5. The van der Waals surface area contributed by atoms with E-state index in [0.717, 1.165) is 10.7 Å². The van der Waals surface area contributed by atoms with Crippen molar-refractivity contribution in [1.29, 1.82) is 0 Å². The summed E-state index contributed by atoms with van der Waals surface area (Å²) < 4.78 is 14.2. The Morgan fingerprint density at radius 3 is 2.38 bits per heavy atom. The van der Waals surface area contributed by atoms with Crippen molar-refractivity contribution in [2.75, 3.05) is 10.7 Å². The highest BCUT2D eigenvalue weighted by atomic mass is 79.9. The second kappa shape index (κ2) is 7.26. The van der Waals surface area contributed by atoms with Gasteiger partial charge in [0, 0.05) is 16.1 Å². The summed E-state index contributed by atoms with van der Waals surface area (Å²) in [5, 5.41) is 1.65. The molecule has 0 fully saturated rings. The predicted octanol–water partition coefficient (Wildman–Crippen LogP) is 6.06. The maximum absolute atomic E-state index is 14.2. The average molecular weight is 435 g/mol. The molecule has 0 N–H and O–H groups in total. The van der Waals surface area contributed by atoms with Crippen LogP contribution in [0.5, 0.6) is 0 Å². The Morgan fingerprint density at radius 2 is 1.76 bits per heavy atom. The van der Waals surface area contributed by atoms with Crippen LogP contribution in [0.4, 0.5) is 4.39 Å². The van der Waals surface area contributed by atoms with Crippen LogP contribution in [0.2, 0.25) is 5.02 Å². The molecule has 0 nitrogen and oxygen atoms in total. The van der Waals surface area contributed by atoms with Crippen molar-refractivity contribution in [3.63, 3.8) is 0 Å². The number of hydrogen-bond acceptors (Lipinski definition) is 0. The molecule has 0 atom stereocenters. The Morgan fingerprint density at radius 1 is 1.10 bits per heavy atom. The van der Waals surface area contributed by atoms with Gasteiger partial charge in [0.25, 0.3) is 0 Å². The molecule has 21 heavy (non-hydrogen) atoms. The lowest BCUT2D eigenvalue weighted by molar-refractivity contribution is 0.522. The smallest absolute Gasteiger partial charge is 0.145 e. The minimum Gasteiger partial charge on any atom is -0.205 e. The predicted molar refractivity (Wildman–Crippen MR) is 95.6 cm³/mol. The van der Waals surface area contributed by atoms with Crippen LogP contribution in [0.15, 0.2) is 42.5 Å². The van der Waals surface area contributed by atoms with Gasteiger partial charge in [0.2, 0.25) is 0 Å². The first-order valence-electron chi connectivity index (χ1n) is 6.64. The fourth-order valence-corrected chi connectivity index (χ4v) is 4.58. The van der Waals surface area contributed by atoms with Crippen molar-refractivity contribution < 1.29 is 4.39 Å². The number of hydrogen-bond donors (Lipinski definition) is 0. The van der Waals surface area contributed by atoms with Crippen LogP contribution >= 0.6 is 43.5 Å². The third kappa shape index (κ3) is 3.69. The number of benzene rings is 2. The van der Waals surface area contributed by atoms with E-state index in [1.165, 1.54) is 11.1 Å². The molecule has 0 amide bonds. The van der Waals surface area contributed by atoms with Gasteiger partial charge >= 0.3 is 0 Å². The van der Waals surface area contributed by atoms with Crippen LogP contribution in [0.25, 0.3) is 0 Å². The molecule has 0 aliphatic rings. The molecular formula is C17H16Br2ClF. The minimum absolute atomic E-state index is 0.176. The first-order chi connectivity index (χ1) is 10.0. The fourth-order valence-electron chi connectivity index (χ4n) is 2.41. The Balaban J connectivity index is 2.45. The second-order valence-corrected chi connectivity index (χ2v) is 6.84. The van der Waals surface area contributed by atoms with Crippen molar-refractivity contribution in [3.8, 4) is 0 Å². The van der Waals surface area contributed by atoms with Gasteiger partial charge in [0.1, 0.15) is 5.82 Å². The summed E-state index contributed by atoms with van der Waals surface area (Å²) in [6.45, 7) is 2.07. The quantitative estimate of drug-likeness (QED) is 0.502. The largest absolute Gasteiger partial charge is 0.205 e. The van der Waals surface area contributed by atoms with E-state index in [2.05, 4.69) is 57.0 Å². The highest BCUT2D eigenvalue weighted by molar-refractivity contribution is 9.09. The van der Waals surface area contributed by atoms with Gasteiger partial charge in [-0.1, -0.05) is 85.4 Å². The molecule has 2 aromatic rings. The molecule has 0 saturated heterocycles. The summed E-state index contributed by atoms with van der Waals surface area (Å²) in [5.41, 5.74) is 2.82. The number of rotatable bonds is 5. The molecule has 0 saturated carbocycles. The van der Waals surface area contributed by atoms with Crippen LogP contribution in [-0.2, 0) is 11.8 Å².